The highest BCUT2D eigenvalue weighted by molar-refractivity contribution is 5.85. The van der Waals surface area contributed by atoms with Crippen molar-refractivity contribution in [3.05, 3.63) is 18.2 Å². The summed E-state index contributed by atoms with van der Waals surface area (Å²) in [4.78, 5) is 12.7. The molecule has 1 aromatic heterocycles. The summed E-state index contributed by atoms with van der Waals surface area (Å²) < 4.78 is 12.7. The molecule has 0 radical (unpaired) electrons. The monoisotopic (exact) mass is 272 g/mol. The highest BCUT2D eigenvalue weighted by Gasteiger charge is 2.28. The molecule has 6 heteroatoms. The molecule has 0 bridgehead atoms. The van der Waals surface area contributed by atoms with Gasteiger partial charge in [-0.2, -0.15) is 0 Å². The van der Waals surface area contributed by atoms with Gasteiger partial charge in [0.15, 0.2) is 5.82 Å². The van der Waals surface area contributed by atoms with Crippen molar-refractivity contribution in [1.29, 1.82) is 0 Å². The van der Waals surface area contributed by atoms with Crippen LogP contribution in [0.3, 0.4) is 0 Å². The first-order chi connectivity index (χ1) is 8.33. The molecule has 1 saturated carbocycles. The van der Waals surface area contributed by atoms with Crippen molar-refractivity contribution in [3.63, 3.8) is 0 Å². The molecular formula is C12H18ClFN4. The SMILES string of the molecule is Cl.Fc1cnc(N2CCN(C3CCC3)CC2)nc1. The van der Waals surface area contributed by atoms with Crippen molar-refractivity contribution in [2.75, 3.05) is 31.1 Å². The van der Waals surface area contributed by atoms with Crippen LogP contribution in [-0.4, -0.2) is 47.1 Å². The lowest BCUT2D eigenvalue weighted by Gasteiger charge is -2.42. The largest absolute Gasteiger partial charge is 0.338 e. The number of halogens is 2. The van der Waals surface area contributed by atoms with Gasteiger partial charge in [-0.1, -0.05) is 6.42 Å². The third-order valence-corrected chi connectivity index (χ3v) is 3.79. The van der Waals surface area contributed by atoms with E-state index in [9.17, 15) is 4.39 Å². The van der Waals surface area contributed by atoms with E-state index in [2.05, 4.69) is 19.8 Å². The van der Waals surface area contributed by atoms with Gasteiger partial charge in [0.2, 0.25) is 5.95 Å². The molecule has 2 fully saturated rings. The van der Waals surface area contributed by atoms with Crippen LogP contribution in [0.5, 0.6) is 0 Å². The molecule has 2 aliphatic rings. The summed E-state index contributed by atoms with van der Waals surface area (Å²) in [6.45, 7) is 4.04. The van der Waals surface area contributed by atoms with Crippen LogP contribution in [0.2, 0.25) is 0 Å². The maximum absolute atomic E-state index is 12.7. The summed E-state index contributed by atoms with van der Waals surface area (Å²) in [5.74, 6) is 0.279. The average Bonchev–Trinajstić information content (AvgIpc) is 2.29. The predicted molar refractivity (Wildman–Crippen MR) is 70.7 cm³/mol. The zero-order valence-corrected chi connectivity index (χ0v) is 11.1. The van der Waals surface area contributed by atoms with Gasteiger partial charge >= 0.3 is 0 Å². The van der Waals surface area contributed by atoms with E-state index in [0.717, 1.165) is 32.2 Å². The first-order valence-corrected chi connectivity index (χ1v) is 6.29. The summed E-state index contributed by atoms with van der Waals surface area (Å²) in [6, 6.07) is 0.811. The Balaban J connectivity index is 0.00000120. The number of rotatable bonds is 2. The number of nitrogens with zero attached hydrogens (tertiary/aromatic N) is 4. The normalized spacial score (nSPS) is 21.3. The maximum atomic E-state index is 12.7. The average molecular weight is 273 g/mol. The van der Waals surface area contributed by atoms with Gasteiger partial charge in [0.1, 0.15) is 0 Å². The fourth-order valence-corrected chi connectivity index (χ4v) is 2.51. The topological polar surface area (TPSA) is 32.3 Å². The van der Waals surface area contributed by atoms with Crippen molar-refractivity contribution < 1.29 is 4.39 Å². The Morgan fingerprint density at radius 3 is 2.17 bits per heavy atom. The van der Waals surface area contributed by atoms with Crippen LogP contribution in [0.15, 0.2) is 12.4 Å². The number of hydrogen-bond donors (Lipinski definition) is 0. The zero-order chi connectivity index (χ0) is 11.7. The molecule has 4 nitrogen and oxygen atoms in total. The van der Waals surface area contributed by atoms with E-state index in [1.165, 1.54) is 31.7 Å². The summed E-state index contributed by atoms with van der Waals surface area (Å²) in [7, 11) is 0. The predicted octanol–water partition coefficient (Wildman–Crippen LogP) is 1.71. The van der Waals surface area contributed by atoms with E-state index in [4.69, 9.17) is 0 Å². The van der Waals surface area contributed by atoms with Crippen LogP contribution >= 0.6 is 12.4 Å². The molecule has 0 aromatic carbocycles. The summed E-state index contributed by atoms with van der Waals surface area (Å²) in [5, 5.41) is 0. The fourth-order valence-electron chi connectivity index (χ4n) is 2.51. The summed E-state index contributed by atoms with van der Waals surface area (Å²) in [6.07, 6.45) is 6.56. The van der Waals surface area contributed by atoms with Crippen LogP contribution < -0.4 is 4.90 Å². The first-order valence-electron chi connectivity index (χ1n) is 6.29. The second kappa shape index (κ2) is 5.80. The zero-order valence-electron chi connectivity index (χ0n) is 10.3. The molecule has 3 rings (SSSR count). The Labute approximate surface area is 113 Å². The van der Waals surface area contributed by atoms with Crippen LogP contribution in [0, 0.1) is 5.82 Å². The minimum Gasteiger partial charge on any atom is -0.338 e. The number of aromatic nitrogens is 2. The molecule has 1 aliphatic heterocycles. The van der Waals surface area contributed by atoms with Crippen molar-refractivity contribution in [1.82, 2.24) is 14.9 Å². The number of anilines is 1. The number of piperazine rings is 1. The van der Waals surface area contributed by atoms with Crippen LogP contribution in [-0.2, 0) is 0 Å². The van der Waals surface area contributed by atoms with E-state index in [1.807, 2.05) is 0 Å². The van der Waals surface area contributed by atoms with Gasteiger partial charge in [0.05, 0.1) is 12.4 Å². The molecule has 0 amide bonds. The van der Waals surface area contributed by atoms with Gasteiger partial charge < -0.3 is 4.90 Å². The van der Waals surface area contributed by atoms with Crippen LogP contribution in [0.4, 0.5) is 10.3 Å². The van der Waals surface area contributed by atoms with E-state index in [-0.39, 0.29) is 18.2 Å². The van der Waals surface area contributed by atoms with Crippen molar-refractivity contribution >= 4 is 18.4 Å². The second-order valence-electron chi connectivity index (χ2n) is 4.81. The molecule has 0 spiro atoms. The molecular weight excluding hydrogens is 255 g/mol. The second-order valence-corrected chi connectivity index (χ2v) is 4.81. The molecule has 1 aromatic rings. The van der Waals surface area contributed by atoms with E-state index >= 15 is 0 Å². The van der Waals surface area contributed by atoms with E-state index in [0.29, 0.717) is 5.95 Å². The van der Waals surface area contributed by atoms with Crippen molar-refractivity contribution in [2.45, 2.75) is 25.3 Å². The fraction of sp³-hybridized carbons (Fsp3) is 0.667. The minimum atomic E-state index is -0.373. The van der Waals surface area contributed by atoms with Gasteiger partial charge in [-0.05, 0) is 12.8 Å². The Hall–Kier alpha value is -0.940. The molecule has 2 heterocycles. The van der Waals surface area contributed by atoms with E-state index < -0.39 is 0 Å². The Morgan fingerprint density at radius 2 is 1.67 bits per heavy atom. The smallest absolute Gasteiger partial charge is 0.225 e. The first kappa shape index (κ1) is 13.5. The molecule has 1 saturated heterocycles. The lowest BCUT2D eigenvalue weighted by Crippen LogP contribution is -2.52. The van der Waals surface area contributed by atoms with Crippen molar-refractivity contribution in [3.8, 4) is 0 Å². The van der Waals surface area contributed by atoms with Gasteiger partial charge in [0.25, 0.3) is 0 Å². The molecule has 0 unspecified atom stereocenters. The van der Waals surface area contributed by atoms with Gasteiger partial charge in [-0.15, -0.1) is 12.4 Å². The lowest BCUT2D eigenvalue weighted by atomic mass is 9.91. The Morgan fingerprint density at radius 1 is 1.06 bits per heavy atom. The number of hydrogen-bond acceptors (Lipinski definition) is 4. The highest BCUT2D eigenvalue weighted by Crippen LogP contribution is 2.25. The molecule has 1 aliphatic carbocycles. The quantitative estimate of drug-likeness (QED) is 0.821. The third-order valence-electron chi connectivity index (χ3n) is 3.79. The molecule has 0 N–H and O–H groups in total. The minimum absolute atomic E-state index is 0. The lowest BCUT2D eigenvalue weighted by molar-refractivity contribution is 0.120. The van der Waals surface area contributed by atoms with Crippen LogP contribution in [0.25, 0.3) is 0 Å². The Bertz CT molecular complexity index is 374. The van der Waals surface area contributed by atoms with Crippen molar-refractivity contribution in [2.24, 2.45) is 0 Å². The van der Waals surface area contributed by atoms with Gasteiger partial charge in [-0.3, -0.25) is 4.90 Å². The van der Waals surface area contributed by atoms with Gasteiger partial charge in [-0.25, -0.2) is 14.4 Å². The highest BCUT2D eigenvalue weighted by atomic mass is 35.5. The molecule has 100 valence electrons. The van der Waals surface area contributed by atoms with Gasteiger partial charge in [0, 0.05) is 32.2 Å². The molecule has 18 heavy (non-hydrogen) atoms. The standard InChI is InChI=1S/C12H17FN4.ClH/c13-10-8-14-12(15-9-10)17-6-4-16(5-7-17)11-2-1-3-11;/h8-9,11H,1-7H2;1H. The van der Waals surface area contributed by atoms with Crippen LogP contribution in [0.1, 0.15) is 19.3 Å². The Kier molecular flexibility index (Phi) is 4.35. The molecule has 0 atom stereocenters. The third kappa shape index (κ3) is 2.72. The summed E-state index contributed by atoms with van der Waals surface area (Å²) >= 11 is 0. The summed E-state index contributed by atoms with van der Waals surface area (Å²) in [5.41, 5.74) is 0. The van der Waals surface area contributed by atoms with E-state index in [1.54, 1.807) is 0 Å². The maximum Gasteiger partial charge on any atom is 0.225 e.